The van der Waals surface area contributed by atoms with Crippen molar-refractivity contribution in [2.45, 2.75) is 52.0 Å². The fraction of sp³-hybridized carbons (Fsp3) is 0.435. The number of anilines is 1. The minimum atomic E-state index is -0.0157. The van der Waals surface area contributed by atoms with E-state index in [4.69, 9.17) is 0 Å². The SMILES string of the molecule is Cc1nc(NCCC2=CCCCC2)cc(C(=O)N2CCc3ccccc3C2)n1. The number of benzene rings is 1. The molecule has 146 valence electrons. The van der Waals surface area contributed by atoms with Gasteiger partial charge in [-0.15, -0.1) is 0 Å². The van der Waals surface area contributed by atoms with Crippen LogP contribution in [0.1, 0.15) is 59.5 Å². The maximum absolute atomic E-state index is 13.0. The van der Waals surface area contributed by atoms with Crippen molar-refractivity contribution in [1.29, 1.82) is 0 Å². The Morgan fingerprint density at radius 2 is 2.00 bits per heavy atom. The minimum absolute atomic E-state index is 0.0157. The topological polar surface area (TPSA) is 58.1 Å². The molecule has 5 heteroatoms. The Kier molecular flexibility index (Phi) is 5.70. The van der Waals surface area contributed by atoms with E-state index in [1.807, 2.05) is 17.9 Å². The highest BCUT2D eigenvalue weighted by molar-refractivity contribution is 5.93. The molecular formula is C23H28N4O. The molecule has 2 heterocycles. The zero-order chi connectivity index (χ0) is 19.3. The van der Waals surface area contributed by atoms with Crippen molar-refractivity contribution in [3.8, 4) is 0 Å². The molecule has 2 aromatic rings. The molecule has 0 spiro atoms. The number of nitrogens with one attached hydrogen (secondary N) is 1. The number of allylic oxidation sites excluding steroid dienone is 1. The van der Waals surface area contributed by atoms with Crippen molar-refractivity contribution in [2.24, 2.45) is 0 Å². The van der Waals surface area contributed by atoms with Gasteiger partial charge in [-0.05, 0) is 56.6 Å². The fourth-order valence-corrected chi connectivity index (χ4v) is 4.08. The monoisotopic (exact) mass is 376 g/mol. The summed E-state index contributed by atoms with van der Waals surface area (Å²) in [4.78, 5) is 23.8. The van der Waals surface area contributed by atoms with Gasteiger partial charge in [-0.25, -0.2) is 9.97 Å². The van der Waals surface area contributed by atoms with Crippen LogP contribution < -0.4 is 5.32 Å². The summed E-state index contributed by atoms with van der Waals surface area (Å²) in [6, 6.07) is 10.1. The van der Waals surface area contributed by atoms with Crippen molar-refractivity contribution in [3.05, 3.63) is 64.6 Å². The van der Waals surface area contributed by atoms with Crippen LogP contribution in [0.25, 0.3) is 0 Å². The lowest BCUT2D eigenvalue weighted by atomic mass is 9.97. The Hall–Kier alpha value is -2.69. The quantitative estimate of drug-likeness (QED) is 0.791. The molecular weight excluding hydrogens is 348 g/mol. The van der Waals surface area contributed by atoms with Gasteiger partial charge in [-0.1, -0.05) is 35.9 Å². The normalized spacial score (nSPS) is 16.3. The third-order valence-electron chi connectivity index (χ3n) is 5.61. The summed E-state index contributed by atoms with van der Waals surface area (Å²) in [6.45, 7) is 4.06. The van der Waals surface area contributed by atoms with Crippen molar-refractivity contribution < 1.29 is 4.79 Å². The number of carbonyl (C=O) groups excluding carboxylic acids is 1. The Morgan fingerprint density at radius 3 is 2.82 bits per heavy atom. The first-order valence-corrected chi connectivity index (χ1v) is 10.3. The van der Waals surface area contributed by atoms with Crippen molar-refractivity contribution in [1.82, 2.24) is 14.9 Å². The predicted octanol–water partition coefficient (Wildman–Crippen LogP) is 4.29. The number of fused-ring (bicyclic) bond motifs is 1. The largest absolute Gasteiger partial charge is 0.370 e. The summed E-state index contributed by atoms with van der Waals surface area (Å²) in [6.07, 6.45) is 9.34. The molecule has 0 bridgehead atoms. The standard InChI is InChI=1S/C23H28N4O/c1-17-25-21(15-22(26-17)24-13-11-18-7-3-2-4-8-18)23(28)27-14-12-19-9-5-6-10-20(19)16-27/h5-7,9-10,15H,2-4,8,11-14,16H2,1H3,(H,24,25,26). The fourth-order valence-electron chi connectivity index (χ4n) is 4.08. The van der Waals surface area contributed by atoms with Crippen molar-refractivity contribution >= 4 is 11.7 Å². The molecule has 0 fully saturated rings. The molecule has 1 aromatic carbocycles. The van der Waals surface area contributed by atoms with Crippen LogP contribution >= 0.6 is 0 Å². The van der Waals surface area contributed by atoms with E-state index < -0.39 is 0 Å². The van der Waals surface area contributed by atoms with E-state index in [-0.39, 0.29) is 5.91 Å². The Balaban J connectivity index is 1.41. The third kappa shape index (κ3) is 4.41. The highest BCUT2D eigenvalue weighted by atomic mass is 16.2. The van der Waals surface area contributed by atoms with Crippen LogP contribution in [0.3, 0.4) is 0 Å². The van der Waals surface area contributed by atoms with Crippen LogP contribution in [-0.4, -0.2) is 33.9 Å². The Labute approximate surface area is 166 Å². The van der Waals surface area contributed by atoms with E-state index in [0.717, 1.165) is 31.7 Å². The van der Waals surface area contributed by atoms with E-state index in [9.17, 15) is 4.79 Å². The van der Waals surface area contributed by atoms with Gasteiger partial charge in [0.1, 0.15) is 17.3 Å². The van der Waals surface area contributed by atoms with Gasteiger partial charge < -0.3 is 10.2 Å². The molecule has 1 aliphatic heterocycles. The molecule has 0 atom stereocenters. The molecule has 5 nitrogen and oxygen atoms in total. The molecule has 0 unspecified atom stereocenters. The number of hydrogen-bond donors (Lipinski definition) is 1. The second-order valence-electron chi connectivity index (χ2n) is 7.72. The van der Waals surface area contributed by atoms with Gasteiger partial charge >= 0.3 is 0 Å². The summed E-state index contributed by atoms with van der Waals surface area (Å²) in [5.74, 6) is 1.35. The number of aromatic nitrogens is 2. The van der Waals surface area contributed by atoms with E-state index in [2.05, 4.69) is 39.6 Å². The first kappa shape index (κ1) is 18.7. The predicted molar refractivity (Wildman–Crippen MR) is 111 cm³/mol. The first-order valence-electron chi connectivity index (χ1n) is 10.3. The van der Waals surface area contributed by atoms with Crippen LogP contribution in [0.15, 0.2) is 42.0 Å². The Bertz CT molecular complexity index is 890. The molecule has 1 aliphatic carbocycles. The number of rotatable bonds is 5. The van der Waals surface area contributed by atoms with Crippen LogP contribution in [0.4, 0.5) is 5.82 Å². The van der Waals surface area contributed by atoms with Gasteiger partial charge in [0.2, 0.25) is 0 Å². The van der Waals surface area contributed by atoms with Crippen LogP contribution in [0.5, 0.6) is 0 Å². The number of carbonyl (C=O) groups is 1. The summed E-state index contributed by atoms with van der Waals surface area (Å²) in [5, 5.41) is 3.38. The molecule has 0 saturated heterocycles. The number of hydrogen-bond acceptors (Lipinski definition) is 4. The maximum Gasteiger partial charge on any atom is 0.272 e. The first-order chi connectivity index (χ1) is 13.7. The average Bonchev–Trinajstić information content (AvgIpc) is 2.73. The highest BCUT2D eigenvalue weighted by Gasteiger charge is 2.23. The lowest BCUT2D eigenvalue weighted by Crippen LogP contribution is -2.36. The van der Waals surface area contributed by atoms with Crippen LogP contribution in [-0.2, 0) is 13.0 Å². The van der Waals surface area contributed by atoms with Gasteiger partial charge in [0.15, 0.2) is 0 Å². The molecule has 1 aromatic heterocycles. The van der Waals surface area contributed by atoms with Gasteiger partial charge in [0.25, 0.3) is 5.91 Å². The second kappa shape index (κ2) is 8.55. The minimum Gasteiger partial charge on any atom is -0.370 e. The lowest BCUT2D eigenvalue weighted by Gasteiger charge is -2.28. The summed E-state index contributed by atoms with van der Waals surface area (Å²) in [5.41, 5.74) is 4.58. The van der Waals surface area contributed by atoms with E-state index in [1.54, 1.807) is 6.07 Å². The van der Waals surface area contributed by atoms with Crippen molar-refractivity contribution in [2.75, 3.05) is 18.4 Å². The summed E-state index contributed by atoms with van der Waals surface area (Å²) < 4.78 is 0. The second-order valence-corrected chi connectivity index (χ2v) is 7.72. The van der Waals surface area contributed by atoms with Gasteiger partial charge in [0.05, 0.1) is 0 Å². The molecule has 1 N–H and O–H groups in total. The number of amides is 1. The zero-order valence-corrected chi connectivity index (χ0v) is 16.6. The van der Waals surface area contributed by atoms with E-state index >= 15 is 0 Å². The highest BCUT2D eigenvalue weighted by Crippen LogP contribution is 2.22. The molecule has 4 rings (SSSR count). The molecule has 0 radical (unpaired) electrons. The zero-order valence-electron chi connectivity index (χ0n) is 16.6. The maximum atomic E-state index is 13.0. The smallest absolute Gasteiger partial charge is 0.272 e. The van der Waals surface area contributed by atoms with Gasteiger partial charge in [-0.2, -0.15) is 0 Å². The average molecular weight is 377 g/mol. The third-order valence-corrected chi connectivity index (χ3v) is 5.61. The van der Waals surface area contributed by atoms with E-state index in [0.29, 0.717) is 18.1 Å². The van der Waals surface area contributed by atoms with Crippen LogP contribution in [0.2, 0.25) is 0 Å². The molecule has 28 heavy (non-hydrogen) atoms. The number of aryl methyl sites for hydroxylation is 1. The molecule has 2 aliphatic rings. The van der Waals surface area contributed by atoms with E-state index in [1.165, 1.54) is 42.4 Å². The Morgan fingerprint density at radius 1 is 1.14 bits per heavy atom. The summed E-state index contributed by atoms with van der Waals surface area (Å²) in [7, 11) is 0. The lowest BCUT2D eigenvalue weighted by molar-refractivity contribution is 0.0728. The van der Waals surface area contributed by atoms with Crippen molar-refractivity contribution in [3.63, 3.8) is 0 Å². The van der Waals surface area contributed by atoms with Crippen LogP contribution in [0, 0.1) is 6.92 Å². The molecule has 0 saturated carbocycles. The molecule has 1 amide bonds. The number of nitrogens with zero attached hydrogens (tertiary/aromatic N) is 3. The van der Waals surface area contributed by atoms with Gasteiger partial charge in [-0.3, -0.25) is 4.79 Å². The summed E-state index contributed by atoms with van der Waals surface area (Å²) >= 11 is 0. The van der Waals surface area contributed by atoms with Gasteiger partial charge in [0, 0.05) is 25.7 Å².